The second kappa shape index (κ2) is 5.68. The van der Waals surface area contributed by atoms with Crippen LogP contribution in [0.4, 0.5) is 0 Å². The van der Waals surface area contributed by atoms with Gasteiger partial charge in [-0.05, 0) is 40.4 Å². The van der Waals surface area contributed by atoms with Crippen molar-refractivity contribution in [2.45, 2.75) is 26.4 Å². The Morgan fingerprint density at radius 1 is 1.00 bits per heavy atom. The Labute approximate surface area is 123 Å². The van der Waals surface area contributed by atoms with Crippen molar-refractivity contribution in [3.05, 3.63) is 65.0 Å². The minimum atomic E-state index is 0.560. The van der Waals surface area contributed by atoms with Gasteiger partial charge < -0.3 is 4.74 Å². The summed E-state index contributed by atoms with van der Waals surface area (Å²) in [5, 5.41) is 3.49. The van der Waals surface area contributed by atoms with Crippen LogP contribution >= 0.6 is 11.3 Å². The van der Waals surface area contributed by atoms with Gasteiger partial charge in [-0.25, -0.2) is 0 Å². The molecule has 0 saturated carbocycles. The van der Waals surface area contributed by atoms with E-state index in [1.54, 1.807) is 11.3 Å². The first-order chi connectivity index (χ1) is 9.74. The first-order valence-corrected chi connectivity index (χ1v) is 7.80. The molecule has 1 heterocycles. The van der Waals surface area contributed by atoms with E-state index in [0.717, 1.165) is 5.75 Å². The van der Waals surface area contributed by atoms with Gasteiger partial charge in [0.1, 0.15) is 12.4 Å². The molecular weight excluding hydrogens is 264 g/mol. The summed E-state index contributed by atoms with van der Waals surface area (Å²) in [7, 11) is 0. The topological polar surface area (TPSA) is 9.23 Å². The molecule has 0 radical (unpaired) electrons. The second-order valence-corrected chi connectivity index (χ2v) is 6.18. The average Bonchev–Trinajstić information content (AvgIpc) is 2.89. The third-order valence-electron chi connectivity index (χ3n) is 3.50. The molecule has 0 N–H and O–H groups in total. The average molecular weight is 282 g/mol. The summed E-state index contributed by atoms with van der Waals surface area (Å²) in [5.41, 5.74) is 2.61. The molecule has 0 atom stereocenters. The molecule has 0 unspecified atom stereocenters. The molecule has 0 aliphatic heterocycles. The summed E-state index contributed by atoms with van der Waals surface area (Å²) in [6.45, 7) is 5.03. The smallest absolute Gasteiger partial charge is 0.119 e. The van der Waals surface area contributed by atoms with Crippen molar-refractivity contribution in [3.63, 3.8) is 0 Å². The molecule has 1 nitrogen and oxygen atoms in total. The van der Waals surface area contributed by atoms with E-state index in [0.29, 0.717) is 12.5 Å². The van der Waals surface area contributed by atoms with E-state index in [2.05, 4.69) is 67.8 Å². The molecule has 0 aliphatic carbocycles. The zero-order chi connectivity index (χ0) is 13.9. The molecule has 2 aromatic carbocycles. The predicted molar refractivity (Wildman–Crippen MR) is 86.7 cm³/mol. The lowest BCUT2D eigenvalue weighted by Crippen LogP contribution is -1.95. The standard InChI is InChI=1S/C18H18OS/c1-13(2)14-7-9-16(10-8-14)19-11-15-12-20-18-6-4-3-5-17(15)18/h3-10,12-13H,11H2,1-2H3. The van der Waals surface area contributed by atoms with E-state index in [9.17, 15) is 0 Å². The highest BCUT2D eigenvalue weighted by Crippen LogP contribution is 2.27. The van der Waals surface area contributed by atoms with Gasteiger partial charge in [0.25, 0.3) is 0 Å². The Morgan fingerprint density at radius 3 is 2.50 bits per heavy atom. The number of fused-ring (bicyclic) bond motifs is 1. The van der Waals surface area contributed by atoms with Gasteiger partial charge >= 0.3 is 0 Å². The zero-order valence-electron chi connectivity index (χ0n) is 11.8. The molecular formula is C18H18OS. The lowest BCUT2D eigenvalue weighted by Gasteiger charge is -2.08. The number of benzene rings is 2. The van der Waals surface area contributed by atoms with Crippen LogP contribution in [0.2, 0.25) is 0 Å². The summed E-state index contributed by atoms with van der Waals surface area (Å²) in [5.74, 6) is 1.49. The number of thiophene rings is 1. The molecule has 1 aromatic heterocycles. The predicted octanol–water partition coefficient (Wildman–Crippen LogP) is 5.60. The van der Waals surface area contributed by atoms with Gasteiger partial charge in [0.05, 0.1) is 0 Å². The van der Waals surface area contributed by atoms with Crippen LogP contribution in [0.1, 0.15) is 30.9 Å². The van der Waals surface area contributed by atoms with E-state index in [1.807, 2.05) is 0 Å². The minimum absolute atomic E-state index is 0.560. The van der Waals surface area contributed by atoms with Crippen molar-refractivity contribution in [2.75, 3.05) is 0 Å². The molecule has 0 amide bonds. The van der Waals surface area contributed by atoms with Gasteiger partial charge in [0, 0.05) is 10.3 Å². The highest BCUT2D eigenvalue weighted by atomic mass is 32.1. The minimum Gasteiger partial charge on any atom is -0.489 e. The second-order valence-electron chi connectivity index (χ2n) is 5.27. The van der Waals surface area contributed by atoms with Gasteiger partial charge in [0.15, 0.2) is 0 Å². The van der Waals surface area contributed by atoms with E-state index >= 15 is 0 Å². The van der Waals surface area contributed by atoms with E-state index in [4.69, 9.17) is 4.74 Å². The van der Waals surface area contributed by atoms with Crippen LogP contribution in [-0.2, 0) is 6.61 Å². The molecule has 20 heavy (non-hydrogen) atoms. The third-order valence-corrected chi connectivity index (χ3v) is 4.51. The van der Waals surface area contributed by atoms with E-state index in [-0.39, 0.29) is 0 Å². The summed E-state index contributed by atoms with van der Waals surface area (Å²) in [4.78, 5) is 0. The lowest BCUT2D eigenvalue weighted by atomic mass is 10.0. The third kappa shape index (κ3) is 2.70. The maximum Gasteiger partial charge on any atom is 0.119 e. The molecule has 102 valence electrons. The molecule has 0 fully saturated rings. The van der Waals surface area contributed by atoms with Crippen LogP contribution in [0.5, 0.6) is 5.75 Å². The lowest BCUT2D eigenvalue weighted by molar-refractivity contribution is 0.308. The molecule has 0 aliphatic rings. The first-order valence-electron chi connectivity index (χ1n) is 6.92. The zero-order valence-corrected chi connectivity index (χ0v) is 12.6. The van der Waals surface area contributed by atoms with Crippen LogP contribution in [0.15, 0.2) is 53.9 Å². The summed E-state index contributed by atoms with van der Waals surface area (Å²) in [6.07, 6.45) is 0. The van der Waals surface area contributed by atoms with Crippen LogP contribution in [-0.4, -0.2) is 0 Å². The Hall–Kier alpha value is -1.80. The fourth-order valence-corrected chi connectivity index (χ4v) is 3.20. The van der Waals surface area contributed by atoms with E-state index < -0.39 is 0 Å². The molecule has 0 saturated heterocycles. The van der Waals surface area contributed by atoms with Crippen LogP contribution < -0.4 is 4.74 Å². The summed E-state index contributed by atoms with van der Waals surface area (Å²) >= 11 is 1.78. The fourth-order valence-electron chi connectivity index (χ4n) is 2.25. The maximum absolute atomic E-state index is 5.90. The van der Waals surface area contributed by atoms with Crippen molar-refractivity contribution >= 4 is 21.4 Å². The number of ether oxygens (including phenoxy) is 1. The number of hydrogen-bond donors (Lipinski definition) is 0. The van der Waals surface area contributed by atoms with Crippen LogP contribution in [0, 0.1) is 0 Å². The van der Waals surface area contributed by atoms with Crippen molar-refractivity contribution in [2.24, 2.45) is 0 Å². The van der Waals surface area contributed by atoms with Gasteiger partial charge in [-0.15, -0.1) is 11.3 Å². The Bertz CT molecular complexity index is 695. The summed E-state index contributed by atoms with van der Waals surface area (Å²) < 4.78 is 7.22. The van der Waals surface area contributed by atoms with Crippen LogP contribution in [0.25, 0.3) is 10.1 Å². The Balaban J connectivity index is 1.73. The number of rotatable bonds is 4. The number of hydrogen-bond acceptors (Lipinski definition) is 2. The largest absolute Gasteiger partial charge is 0.489 e. The fraction of sp³-hybridized carbons (Fsp3) is 0.222. The Morgan fingerprint density at radius 2 is 1.75 bits per heavy atom. The Kier molecular flexibility index (Phi) is 3.75. The summed E-state index contributed by atoms with van der Waals surface area (Å²) in [6, 6.07) is 16.9. The van der Waals surface area contributed by atoms with Gasteiger partial charge in [-0.1, -0.05) is 44.2 Å². The van der Waals surface area contributed by atoms with E-state index in [1.165, 1.54) is 21.2 Å². The van der Waals surface area contributed by atoms with Crippen molar-refractivity contribution < 1.29 is 4.74 Å². The van der Waals surface area contributed by atoms with Gasteiger partial charge in [0.2, 0.25) is 0 Å². The molecule has 0 spiro atoms. The van der Waals surface area contributed by atoms with Crippen molar-refractivity contribution in [1.82, 2.24) is 0 Å². The molecule has 3 aromatic rings. The molecule has 0 bridgehead atoms. The highest BCUT2D eigenvalue weighted by molar-refractivity contribution is 7.17. The van der Waals surface area contributed by atoms with Crippen molar-refractivity contribution in [3.8, 4) is 5.75 Å². The van der Waals surface area contributed by atoms with Crippen molar-refractivity contribution in [1.29, 1.82) is 0 Å². The SMILES string of the molecule is CC(C)c1ccc(OCc2csc3ccccc23)cc1. The van der Waals surface area contributed by atoms with Crippen LogP contribution in [0.3, 0.4) is 0 Å². The van der Waals surface area contributed by atoms with Gasteiger partial charge in [-0.3, -0.25) is 0 Å². The molecule has 3 rings (SSSR count). The normalized spacial score (nSPS) is 11.2. The quantitative estimate of drug-likeness (QED) is 0.605. The monoisotopic (exact) mass is 282 g/mol. The first kappa shape index (κ1) is 13.2. The highest BCUT2D eigenvalue weighted by Gasteiger charge is 2.04. The molecule has 2 heteroatoms. The maximum atomic E-state index is 5.90. The van der Waals surface area contributed by atoms with Gasteiger partial charge in [-0.2, -0.15) is 0 Å².